The van der Waals surface area contributed by atoms with Gasteiger partial charge in [0.1, 0.15) is 5.75 Å². The van der Waals surface area contributed by atoms with Crippen molar-refractivity contribution in [2.45, 2.75) is 19.8 Å². The maximum atomic E-state index is 11.5. The van der Waals surface area contributed by atoms with Gasteiger partial charge in [0.25, 0.3) is 0 Å². The standard InChI is InChI=1S/C16H18N2O3/c1-3-4-11-5-7-12(8-6-11)21-15-13(17)9-10-14(18-15)16(19)20-2/h5-10H,3-4,17H2,1-2H3. The zero-order valence-electron chi connectivity index (χ0n) is 12.1. The van der Waals surface area contributed by atoms with E-state index in [-0.39, 0.29) is 11.6 Å². The molecule has 0 saturated carbocycles. The molecule has 0 aliphatic rings. The van der Waals surface area contributed by atoms with Crippen molar-refractivity contribution in [3.05, 3.63) is 47.7 Å². The second-order valence-corrected chi connectivity index (χ2v) is 4.58. The number of benzene rings is 1. The molecule has 5 nitrogen and oxygen atoms in total. The van der Waals surface area contributed by atoms with Crippen LogP contribution < -0.4 is 10.5 Å². The fraction of sp³-hybridized carbons (Fsp3) is 0.250. The molecule has 2 N–H and O–H groups in total. The van der Waals surface area contributed by atoms with Crippen LogP contribution in [0.15, 0.2) is 36.4 Å². The van der Waals surface area contributed by atoms with Crippen molar-refractivity contribution in [1.29, 1.82) is 0 Å². The van der Waals surface area contributed by atoms with Crippen LogP contribution in [0.4, 0.5) is 5.69 Å². The van der Waals surface area contributed by atoms with Crippen molar-refractivity contribution in [2.24, 2.45) is 0 Å². The number of esters is 1. The largest absolute Gasteiger partial charge is 0.464 e. The molecule has 0 spiro atoms. The summed E-state index contributed by atoms with van der Waals surface area (Å²) in [7, 11) is 1.30. The number of nitrogens with two attached hydrogens (primary N) is 1. The van der Waals surface area contributed by atoms with E-state index >= 15 is 0 Å². The lowest BCUT2D eigenvalue weighted by molar-refractivity contribution is 0.0593. The number of nitrogens with zero attached hydrogens (tertiary/aromatic N) is 1. The summed E-state index contributed by atoms with van der Waals surface area (Å²) in [6.45, 7) is 2.13. The van der Waals surface area contributed by atoms with Gasteiger partial charge in [0.15, 0.2) is 5.69 Å². The van der Waals surface area contributed by atoms with E-state index in [4.69, 9.17) is 10.5 Å². The van der Waals surface area contributed by atoms with E-state index in [2.05, 4.69) is 16.6 Å². The Bertz CT molecular complexity index is 624. The average Bonchev–Trinajstić information content (AvgIpc) is 2.51. The maximum Gasteiger partial charge on any atom is 0.356 e. The van der Waals surface area contributed by atoms with Crippen molar-refractivity contribution in [3.63, 3.8) is 0 Å². The molecular weight excluding hydrogens is 268 g/mol. The Morgan fingerprint density at radius 2 is 1.90 bits per heavy atom. The van der Waals surface area contributed by atoms with E-state index < -0.39 is 5.97 Å². The van der Waals surface area contributed by atoms with Gasteiger partial charge in [-0.3, -0.25) is 0 Å². The Hall–Kier alpha value is -2.56. The number of hydrogen-bond acceptors (Lipinski definition) is 5. The van der Waals surface area contributed by atoms with Gasteiger partial charge in [0.2, 0.25) is 5.88 Å². The Kier molecular flexibility index (Phi) is 4.77. The summed E-state index contributed by atoms with van der Waals surface area (Å²) < 4.78 is 10.3. The number of methoxy groups -OCH3 is 1. The molecule has 0 unspecified atom stereocenters. The molecule has 2 aromatic rings. The highest BCUT2D eigenvalue weighted by Crippen LogP contribution is 2.26. The smallest absolute Gasteiger partial charge is 0.356 e. The first-order valence-corrected chi connectivity index (χ1v) is 6.75. The summed E-state index contributed by atoms with van der Waals surface area (Å²) in [6.07, 6.45) is 2.12. The molecule has 0 bridgehead atoms. The number of aromatic nitrogens is 1. The molecule has 1 aromatic heterocycles. The molecule has 0 aliphatic carbocycles. The zero-order valence-corrected chi connectivity index (χ0v) is 12.1. The number of rotatable bonds is 5. The molecule has 1 aromatic carbocycles. The van der Waals surface area contributed by atoms with E-state index in [0.717, 1.165) is 12.8 Å². The van der Waals surface area contributed by atoms with Crippen LogP contribution >= 0.6 is 0 Å². The molecule has 0 atom stereocenters. The molecule has 21 heavy (non-hydrogen) atoms. The van der Waals surface area contributed by atoms with Crippen molar-refractivity contribution >= 4 is 11.7 Å². The molecule has 5 heteroatoms. The number of carbonyl (C=O) groups excluding carboxylic acids is 1. The van der Waals surface area contributed by atoms with Gasteiger partial charge in [-0.15, -0.1) is 0 Å². The van der Waals surface area contributed by atoms with Crippen LogP contribution in [0, 0.1) is 0 Å². The summed E-state index contributed by atoms with van der Waals surface area (Å²) in [4.78, 5) is 15.5. The minimum Gasteiger partial charge on any atom is -0.464 e. The molecule has 110 valence electrons. The minimum absolute atomic E-state index is 0.157. The third kappa shape index (κ3) is 3.72. The third-order valence-electron chi connectivity index (χ3n) is 2.96. The quantitative estimate of drug-likeness (QED) is 0.854. The Labute approximate surface area is 123 Å². The predicted molar refractivity (Wildman–Crippen MR) is 80.5 cm³/mol. The Balaban J connectivity index is 2.20. The Morgan fingerprint density at radius 3 is 2.52 bits per heavy atom. The van der Waals surface area contributed by atoms with Crippen LogP contribution in [0.2, 0.25) is 0 Å². The van der Waals surface area contributed by atoms with Gasteiger partial charge in [-0.1, -0.05) is 25.5 Å². The van der Waals surface area contributed by atoms with E-state index in [1.165, 1.54) is 18.7 Å². The number of hydrogen-bond donors (Lipinski definition) is 1. The second-order valence-electron chi connectivity index (χ2n) is 4.58. The van der Waals surface area contributed by atoms with Gasteiger partial charge in [-0.2, -0.15) is 0 Å². The van der Waals surface area contributed by atoms with Gasteiger partial charge in [-0.05, 0) is 36.2 Å². The molecule has 0 saturated heterocycles. The first-order chi connectivity index (χ1) is 10.1. The minimum atomic E-state index is -0.529. The number of anilines is 1. The maximum absolute atomic E-state index is 11.5. The van der Waals surface area contributed by atoms with Crippen molar-refractivity contribution in [1.82, 2.24) is 4.98 Å². The van der Waals surface area contributed by atoms with Gasteiger partial charge >= 0.3 is 5.97 Å². The molecule has 0 aliphatic heterocycles. The summed E-state index contributed by atoms with van der Waals surface area (Å²) >= 11 is 0. The van der Waals surface area contributed by atoms with Crippen molar-refractivity contribution < 1.29 is 14.3 Å². The average molecular weight is 286 g/mol. The molecule has 0 radical (unpaired) electrons. The molecule has 1 heterocycles. The van der Waals surface area contributed by atoms with Gasteiger partial charge in [0.05, 0.1) is 12.8 Å². The normalized spacial score (nSPS) is 10.2. The summed E-state index contributed by atoms with van der Waals surface area (Å²) in [5.74, 6) is 0.287. The molecule has 2 rings (SSSR count). The zero-order chi connectivity index (χ0) is 15.2. The SMILES string of the molecule is CCCc1ccc(Oc2nc(C(=O)OC)ccc2N)cc1. The van der Waals surface area contributed by atoms with Crippen LogP contribution in [0.3, 0.4) is 0 Å². The lowest BCUT2D eigenvalue weighted by Gasteiger charge is -2.09. The lowest BCUT2D eigenvalue weighted by Crippen LogP contribution is -2.06. The highest BCUT2D eigenvalue weighted by atomic mass is 16.5. The summed E-state index contributed by atoms with van der Waals surface area (Å²) in [5.41, 5.74) is 7.58. The summed E-state index contributed by atoms with van der Waals surface area (Å²) in [6, 6.07) is 10.8. The van der Waals surface area contributed by atoms with E-state index in [0.29, 0.717) is 11.4 Å². The lowest BCUT2D eigenvalue weighted by atomic mass is 10.1. The van der Waals surface area contributed by atoms with E-state index in [1.54, 1.807) is 6.07 Å². The second kappa shape index (κ2) is 6.74. The number of pyridine rings is 1. The van der Waals surface area contributed by atoms with E-state index in [1.807, 2.05) is 24.3 Å². The highest BCUT2D eigenvalue weighted by Gasteiger charge is 2.12. The number of aryl methyl sites for hydroxylation is 1. The fourth-order valence-electron chi connectivity index (χ4n) is 1.88. The summed E-state index contributed by atoms with van der Waals surface area (Å²) in [5, 5.41) is 0. The highest BCUT2D eigenvalue weighted by molar-refractivity contribution is 5.87. The van der Waals surface area contributed by atoms with Crippen LogP contribution in [0.1, 0.15) is 29.4 Å². The van der Waals surface area contributed by atoms with E-state index in [9.17, 15) is 4.79 Å². The number of nitrogen functional groups attached to an aromatic ring is 1. The first-order valence-electron chi connectivity index (χ1n) is 6.75. The van der Waals surface area contributed by atoms with Crippen molar-refractivity contribution in [3.8, 4) is 11.6 Å². The van der Waals surface area contributed by atoms with Crippen molar-refractivity contribution in [2.75, 3.05) is 12.8 Å². The van der Waals surface area contributed by atoms with Crippen LogP contribution in [-0.4, -0.2) is 18.1 Å². The van der Waals surface area contributed by atoms with Gasteiger partial charge in [0, 0.05) is 0 Å². The predicted octanol–water partition coefficient (Wildman–Crippen LogP) is 3.20. The third-order valence-corrected chi connectivity index (χ3v) is 2.96. The van der Waals surface area contributed by atoms with Crippen LogP contribution in [0.5, 0.6) is 11.6 Å². The molecule has 0 fully saturated rings. The molecular formula is C16H18N2O3. The molecule has 0 amide bonds. The fourth-order valence-corrected chi connectivity index (χ4v) is 1.88. The van der Waals surface area contributed by atoms with Gasteiger partial charge in [-0.25, -0.2) is 9.78 Å². The van der Waals surface area contributed by atoms with Crippen LogP contribution in [0.25, 0.3) is 0 Å². The van der Waals surface area contributed by atoms with Gasteiger partial charge < -0.3 is 15.2 Å². The monoisotopic (exact) mass is 286 g/mol. The Morgan fingerprint density at radius 1 is 1.19 bits per heavy atom. The first kappa shape index (κ1) is 14.8. The van der Waals surface area contributed by atoms with Crippen LogP contribution in [-0.2, 0) is 11.2 Å². The topological polar surface area (TPSA) is 74.4 Å². The number of carbonyl (C=O) groups is 1. The number of ether oxygens (including phenoxy) is 2.